The molecule has 7 nitrogen and oxygen atoms in total. The van der Waals surface area contributed by atoms with Crippen LogP contribution in [0.1, 0.15) is 15.9 Å². The number of hydrogen-bond acceptors (Lipinski definition) is 6. The van der Waals surface area contributed by atoms with Gasteiger partial charge in [-0.15, -0.1) is 16.4 Å². The zero-order valence-corrected chi connectivity index (χ0v) is 20.7. The molecule has 37 heavy (non-hydrogen) atoms. The highest BCUT2D eigenvalue weighted by Crippen LogP contribution is 2.28. The number of halogens is 1. The second-order valence-electron chi connectivity index (χ2n) is 8.06. The molecule has 0 saturated heterocycles. The van der Waals surface area contributed by atoms with Crippen LogP contribution in [0.2, 0.25) is 0 Å². The number of methoxy groups -OCH3 is 1. The largest absolute Gasteiger partial charge is 0.497 e. The molecule has 5 rings (SSSR count). The van der Waals surface area contributed by atoms with E-state index in [0.29, 0.717) is 24.5 Å². The topological polar surface area (TPSA) is 78.3 Å². The second-order valence-corrected chi connectivity index (χ2v) is 9.01. The average molecular weight is 515 g/mol. The zero-order valence-electron chi connectivity index (χ0n) is 19.9. The van der Waals surface area contributed by atoms with Crippen molar-refractivity contribution in [1.29, 1.82) is 0 Å². The number of nitrogens with one attached hydrogen (secondary N) is 1. The molecule has 2 aromatic heterocycles. The first-order chi connectivity index (χ1) is 18.1. The van der Waals surface area contributed by atoms with Gasteiger partial charge in [-0.05, 0) is 71.6 Å². The Bertz CT molecular complexity index is 1480. The summed E-state index contributed by atoms with van der Waals surface area (Å²) >= 11 is 1.55. The predicted octanol–water partition coefficient (Wildman–Crippen LogP) is 6.02. The Kier molecular flexibility index (Phi) is 7.23. The summed E-state index contributed by atoms with van der Waals surface area (Å²) in [6, 6.07) is 24.8. The average Bonchev–Trinajstić information content (AvgIpc) is 3.60. The number of carbonyl (C=O) groups excluding carboxylic acids is 1. The summed E-state index contributed by atoms with van der Waals surface area (Å²) in [6.45, 7) is 0.422. The van der Waals surface area contributed by atoms with Crippen LogP contribution in [0.3, 0.4) is 0 Å². The number of thiophene rings is 1. The molecule has 0 saturated carbocycles. The van der Waals surface area contributed by atoms with E-state index in [2.05, 4.69) is 15.4 Å². The molecule has 0 aliphatic carbocycles. The maximum Gasteiger partial charge on any atom is 0.336 e. The smallest absolute Gasteiger partial charge is 0.336 e. The third kappa shape index (κ3) is 5.84. The first kappa shape index (κ1) is 24.2. The van der Waals surface area contributed by atoms with Gasteiger partial charge in [0, 0.05) is 17.7 Å². The van der Waals surface area contributed by atoms with E-state index in [1.54, 1.807) is 41.3 Å². The van der Waals surface area contributed by atoms with Gasteiger partial charge < -0.3 is 14.8 Å². The summed E-state index contributed by atoms with van der Waals surface area (Å²) in [5.74, 6) is 0.619. The molecule has 0 fully saturated rings. The molecule has 1 amide bonds. The summed E-state index contributed by atoms with van der Waals surface area (Å²) in [6.07, 6.45) is 0.701. The van der Waals surface area contributed by atoms with Gasteiger partial charge in [0.25, 0.3) is 5.91 Å². The summed E-state index contributed by atoms with van der Waals surface area (Å²) in [4.78, 5) is 18.0. The molecule has 2 heterocycles. The number of benzene rings is 3. The molecule has 186 valence electrons. The number of aromatic nitrogens is 3. The lowest BCUT2D eigenvalue weighted by Crippen LogP contribution is -2.12. The molecule has 0 atom stereocenters. The monoisotopic (exact) mass is 514 g/mol. The van der Waals surface area contributed by atoms with Crippen molar-refractivity contribution in [3.8, 4) is 28.1 Å². The highest BCUT2D eigenvalue weighted by molar-refractivity contribution is 7.13. The molecule has 0 radical (unpaired) electrons. The predicted molar refractivity (Wildman–Crippen MR) is 141 cm³/mol. The molecular formula is C28H23FN4O3S. The first-order valence-corrected chi connectivity index (χ1v) is 12.4. The van der Waals surface area contributed by atoms with E-state index >= 15 is 0 Å². The van der Waals surface area contributed by atoms with Gasteiger partial charge in [-0.3, -0.25) is 4.79 Å². The number of anilines is 1. The van der Waals surface area contributed by atoms with E-state index in [0.717, 1.165) is 21.9 Å². The molecule has 3 aromatic carbocycles. The molecule has 1 N–H and O–H groups in total. The Morgan fingerprint density at radius 1 is 1.03 bits per heavy atom. The van der Waals surface area contributed by atoms with Crippen LogP contribution in [-0.2, 0) is 6.42 Å². The van der Waals surface area contributed by atoms with Crippen LogP contribution in [0.15, 0.2) is 90.3 Å². The number of nitrogens with zero attached hydrogens (tertiary/aromatic N) is 3. The van der Waals surface area contributed by atoms with Gasteiger partial charge in [-0.1, -0.05) is 24.3 Å². The van der Waals surface area contributed by atoms with E-state index in [1.165, 1.54) is 18.2 Å². The van der Waals surface area contributed by atoms with Crippen LogP contribution >= 0.6 is 11.3 Å². The van der Waals surface area contributed by atoms with Crippen molar-refractivity contribution in [3.05, 3.63) is 107 Å². The summed E-state index contributed by atoms with van der Waals surface area (Å²) in [7, 11) is 1.64. The van der Waals surface area contributed by atoms with Crippen LogP contribution in [0, 0.1) is 5.82 Å². The van der Waals surface area contributed by atoms with E-state index in [-0.39, 0.29) is 17.5 Å². The van der Waals surface area contributed by atoms with Crippen LogP contribution in [-0.4, -0.2) is 34.4 Å². The molecule has 0 unspecified atom stereocenters. The summed E-state index contributed by atoms with van der Waals surface area (Å²) < 4.78 is 26.2. The lowest BCUT2D eigenvalue weighted by Gasteiger charge is -2.08. The van der Waals surface area contributed by atoms with Crippen molar-refractivity contribution in [3.63, 3.8) is 0 Å². The summed E-state index contributed by atoms with van der Waals surface area (Å²) in [5.41, 5.74) is 2.70. The molecular weight excluding hydrogens is 491 g/mol. The Balaban J connectivity index is 1.31. The van der Waals surface area contributed by atoms with Gasteiger partial charge in [0.1, 0.15) is 11.6 Å². The number of hydrogen-bond donors (Lipinski definition) is 1. The van der Waals surface area contributed by atoms with Crippen molar-refractivity contribution in [1.82, 2.24) is 14.8 Å². The molecule has 0 bridgehead atoms. The zero-order chi connectivity index (χ0) is 25.6. The quantitative estimate of drug-likeness (QED) is 0.260. The number of carbonyl (C=O) groups is 1. The van der Waals surface area contributed by atoms with Gasteiger partial charge in [-0.25, -0.2) is 9.07 Å². The molecule has 0 aliphatic rings. The number of ether oxygens (including phenoxy) is 2. The van der Waals surface area contributed by atoms with Crippen LogP contribution in [0.25, 0.3) is 16.4 Å². The Morgan fingerprint density at radius 2 is 1.84 bits per heavy atom. The van der Waals surface area contributed by atoms with Crippen LogP contribution < -0.4 is 14.8 Å². The lowest BCUT2D eigenvalue weighted by atomic mass is 10.1. The molecule has 5 aromatic rings. The van der Waals surface area contributed by atoms with Crippen molar-refractivity contribution in [2.75, 3.05) is 19.0 Å². The third-order valence-corrected chi connectivity index (χ3v) is 6.43. The Morgan fingerprint density at radius 3 is 2.54 bits per heavy atom. The summed E-state index contributed by atoms with van der Waals surface area (Å²) in [5, 5.41) is 9.34. The van der Waals surface area contributed by atoms with Crippen LogP contribution in [0.5, 0.6) is 11.8 Å². The van der Waals surface area contributed by atoms with E-state index in [1.807, 2.05) is 53.9 Å². The standard InChI is InChI=1S/C28H23FN4O3S/c1-35-24-13-7-19(8-14-24)15-16-36-28-31-26(25-6-3-17-37-25)33(32-28)23-11-9-22(10-12-23)30-27(34)20-4-2-5-21(29)18-20/h2-14,17-18H,15-16H2,1H3,(H,30,34). The van der Waals surface area contributed by atoms with Crippen molar-refractivity contribution in [2.45, 2.75) is 6.42 Å². The SMILES string of the molecule is COc1ccc(CCOc2nc(-c3cccs3)n(-c3ccc(NC(=O)c4cccc(F)c4)cc3)n2)cc1. The van der Waals surface area contributed by atoms with Gasteiger partial charge in [0.15, 0.2) is 5.82 Å². The fraction of sp³-hybridized carbons (Fsp3) is 0.107. The maximum absolute atomic E-state index is 13.4. The first-order valence-electron chi connectivity index (χ1n) is 11.5. The maximum atomic E-state index is 13.4. The van der Waals surface area contributed by atoms with Crippen LogP contribution in [0.4, 0.5) is 10.1 Å². The Labute approximate surface area is 217 Å². The fourth-order valence-corrected chi connectivity index (χ4v) is 4.37. The minimum atomic E-state index is -0.461. The van der Waals surface area contributed by atoms with E-state index < -0.39 is 5.82 Å². The normalized spacial score (nSPS) is 10.8. The second kappa shape index (κ2) is 11.0. The molecule has 0 spiro atoms. The number of amides is 1. The van der Waals surface area contributed by atoms with E-state index in [4.69, 9.17) is 9.47 Å². The van der Waals surface area contributed by atoms with Crippen molar-refractivity contribution >= 4 is 22.9 Å². The highest BCUT2D eigenvalue weighted by atomic mass is 32.1. The minimum absolute atomic E-state index is 0.247. The van der Waals surface area contributed by atoms with Gasteiger partial charge in [-0.2, -0.15) is 4.98 Å². The Hall–Kier alpha value is -4.50. The molecule has 0 aliphatic heterocycles. The number of rotatable bonds is 9. The lowest BCUT2D eigenvalue weighted by molar-refractivity contribution is 0.102. The van der Waals surface area contributed by atoms with Gasteiger partial charge >= 0.3 is 6.01 Å². The van der Waals surface area contributed by atoms with E-state index in [9.17, 15) is 9.18 Å². The van der Waals surface area contributed by atoms with Crippen molar-refractivity contribution in [2.24, 2.45) is 0 Å². The van der Waals surface area contributed by atoms with Gasteiger partial charge in [0.05, 0.1) is 24.3 Å². The fourth-order valence-electron chi connectivity index (χ4n) is 3.67. The minimum Gasteiger partial charge on any atom is -0.497 e. The van der Waals surface area contributed by atoms with Crippen molar-refractivity contribution < 1.29 is 18.7 Å². The highest BCUT2D eigenvalue weighted by Gasteiger charge is 2.16. The third-order valence-electron chi connectivity index (χ3n) is 5.57. The molecule has 9 heteroatoms. The van der Waals surface area contributed by atoms with Gasteiger partial charge in [0.2, 0.25) is 0 Å².